The van der Waals surface area contributed by atoms with Crippen molar-refractivity contribution in [3.63, 3.8) is 0 Å². The molecule has 4 heterocycles. The van der Waals surface area contributed by atoms with Gasteiger partial charge in [0.1, 0.15) is 5.69 Å². The number of anilines is 2. The summed E-state index contributed by atoms with van der Waals surface area (Å²) in [5.74, 6) is 0. The van der Waals surface area contributed by atoms with Gasteiger partial charge in [-0.2, -0.15) is 0 Å². The van der Waals surface area contributed by atoms with Crippen LogP contribution in [0.15, 0.2) is 85.2 Å². The molecule has 0 saturated carbocycles. The van der Waals surface area contributed by atoms with E-state index in [-0.39, 0.29) is 6.10 Å². The summed E-state index contributed by atoms with van der Waals surface area (Å²) >= 11 is 0. The first-order valence-electron chi connectivity index (χ1n) is 15.9. The molecule has 1 unspecified atom stereocenters. The van der Waals surface area contributed by atoms with Crippen molar-refractivity contribution in [2.45, 2.75) is 32.8 Å². The summed E-state index contributed by atoms with van der Waals surface area (Å²) in [5.41, 5.74) is 8.87. The predicted molar refractivity (Wildman–Crippen MR) is 178 cm³/mol. The van der Waals surface area contributed by atoms with Crippen LogP contribution in [0, 0.1) is 0 Å². The van der Waals surface area contributed by atoms with Gasteiger partial charge in [-0.25, -0.2) is 0 Å². The average Bonchev–Trinajstić information content (AvgIpc) is 3.11. The van der Waals surface area contributed by atoms with E-state index in [1.807, 2.05) is 26.1 Å². The molecule has 6 rings (SSSR count). The van der Waals surface area contributed by atoms with Crippen molar-refractivity contribution in [2.75, 3.05) is 69.0 Å². The summed E-state index contributed by atoms with van der Waals surface area (Å²) in [6.45, 7) is 11.9. The minimum atomic E-state index is 0.0526. The highest BCUT2D eigenvalue weighted by atomic mass is 16.5. The molecule has 1 atom stereocenters. The molecule has 45 heavy (non-hydrogen) atoms. The van der Waals surface area contributed by atoms with E-state index in [0.717, 1.165) is 83.0 Å². The smallest absolute Gasteiger partial charge is 0.168 e. The molecule has 8 heteroatoms. The monoisotopic (exact) mass is 608 g/mol. The Kier molecular flexibility index (Phi) is 12.1. The highest BCUT2D eigenvalue weighted by Crippen LogP contribution is 2.20. The summed E-state index contributed by atoms with van der Waals surface area (Å²) < 4.78 is 16.4. The Morgan fingerprint density at radius 1 is 0.689 bits per heavy atom. The molecule has 8 nitrogen and oxygen atoms in total. The van der Waals surface area contributed by atoms with Crippen LogP contribution >= 0.6 is 0 Å². The fourth-order valence-corrected chi connectivity index (χ4v) is 5.49. The maximum atomic E-state index is 10.6. The number of benzene rings is 2. The molecule has 2 aromatic carbocycles. The lowest BCUT2D eigenvalue weighted by molar-refractivity contribution is 0.0733. The van der Waals surface area contributed by atoms with Gasteiger partial charge in [0.05, 0.1) is 38.2 Å². The fraction of sp³-hybridized carbons (Fsp3) is 0.378. The van der Waals surface area contributed by atoms with Gasteiger partial charge in [-0.05, 0) is 85.3 Å². The second-order valence-electron chi connectivity index (χ2n) is 11.3. The molecule has 2 aromatic heterocycles. The van der Waals surface area contributed by atoms with Gasteiger partial charge in [-0.15, -0.1) is 0 Å². The SMILES string of the molecule is CCOC(C)c1ccc(Cc2ccc(N3CCOCC3)cc2)cn1.O=Cc1ccc(Cc2ccc(N3CCOCC3)cc2)cn1. The van der Waals surface area contributed by atoms with E-state index in [1.165, 1.54) is 28.1 Å². The van der Waals surface area contributed by atoms with E-state index in [0.29, 0.717) is 12.3 Å². The number of carbonyl (C=O) groups is 1. The van der Waals surface area contributed by atoms with Crippen molar-refractivity contribution in [2.24, 2.45) is 0 Å². The molecule has 0 amide bonds. The number of hydrogen-bond acceptors (Lipinski definition) is 8. The Morgan fingerprint density at radius 2 is 1.16 bits per heavy atom. The predicted octanol–water partition coefficient (Wildman–Crippen LogP) is 5.93. The van der Waals surface area contributed by atoms with Crippen LogP contribution in [0.3, 0.4) is 0 Å². The quantitative estimate of drug-likeness (QED) is 0.205. The number of carbonyl (C=O) groups excluding carboxylic acids is 1. The van der Waals surface area contributed by atoms with Crippen molar-refractivity contribution in [3.8, 4) is 0 Å². The van der Waals surface area contributed by atoms with Gasteiger partial charge < -0.3 is 24.0 Å². The maximum absolute atomic E-state index is 10.6. The summed E-state index contributed by atoms with van der Waals surface area (Å²) in [6, 6.07) is 25.4. The normalized spacial score (nSPS) is 15.6. The van der Waals surface area contributed by atoms with Gasteiger partial charge in [-0.3, -0.25) is 14.8 Å². The van der Waals surface area contributed by atoms with Crippen molar-refractivity contribution < 1.29 is 19.0 Å². The van der Waals surface area contributed by atoms with Gasteiger partial charge in [0, 0.05) is 56.6 Å². The number of morpholine rings is 2. The molecule has 0 spiro atoms. The molecular formula is C37H44N4O4. The first-order chi connectivity index (χ1) is 22.1. The summed E-state index contributed by atoms with van der Waals surface area (Å²) in [5, 5.41) is 0. The maximum Gasteiger partial charge on any atom is 0.168 e. The first kappa shape index (κ1) is 32.3. The zero-order valence-corrected chi connectivity index (χ0v) is 26.4. The van der Waals surface area contributed by atoms with Crippen LogP contribution in [0.25, 0.3) is 0 Å². The number of aldehydes is 1. The van der Waals surface area contributed by atoms with Crippen LogP contribution in [0.2, 0.25) is 0 Å². The Morgan fingerprint density at radius 3 is 1.56 bits per heavy atom. The summed E-state index contributed by atoms with van der Waals surface area (Å²) in [4.78, 5) is 23.9. The van der Waals surface area contributed by atoms with Crippen LogP contribution in [0.5, 0.6) is 0 Å². The topological polar surface area (TPSA) is 77.0 Å². The minimum absolute atomic E-state index is 0.0526. The average molecular weight is 609 g/mol. The summed E-state index contributed by atoms with van der Waals surface area (Å²) in [6.07, 6.45) is 6.27. The number of aromatic nitrogens is 2. The van der Waals surface area contributed by atoms with Crippen molar-refractivity contribution in [1.82, 2.24) is 9.97 Å². The second-order valence-corrected chi connectivity index (χ2v) is 11.3. The molecule has 236 valence electrons. The van der Waals surface area contributed by atoms with Gasteiger partial charge in [0.2, 0.25) is 0 Å². The number of hydrogen-bond donors (Lipinski definition) is 0. The highest BCUT2D eigenvalue weighted by Gasteiger charge is 2.12. The molecule has 0 radical (unpaired) electrons. The minimum Gasteiger partial charge on any atom is -0.378 e. The molecule has 2 fully saturated rings. The van der Waals surface area contributed by atoms with Gasteiger partial charge in [0.25, 0.3) is 0 Å². The lowest BCUT2D eigenvalue weighted by Gasteiger charge is -2.28. The molecule has 2 aliphatic heterocycles. The molecular weight excluding hydrogens is 564 g/mol. The molecule has 0 bridgehead atoms. The van der Waals surface area contributed by atoms with Crippen molar-refractivity contribution >= 4 is 17.7 Å². The van der Waals surface area contributed by atoms with E-state index < -0.39 is 0 Å². The zero-order valence-electron chi connectivity index (χ0n) is 26.4. The molecule has 0 aliphatic carbocycles. The zero-order chi connectivity index (χ0) is 31.3. The van der Waals surface area contributed by atoms with Crippen LogP contribution in [-0.2, 0) is 27.1 Å². The summed E-state index contributed by atoms with van der Waals surface area (Å²) in [7, 11) is 0. The molecule has 0 N–H and O–H groups in total. The Bertz CT molecular complexity index is 1430. The van der Waals surface area contributed by atoms with Crippen LogP contribution in [0.4, 0.5) is 11.4 Å². The van der Waals surface area contributed by atoms with Crippen LogP contribution < -0.4 is 9.80 Å². The Balaban J connectivity index is 0.000000179. The fourth-order valence-electron chi connectivity index (χ4n) is 5.49. The number of rotatable bonds is 10. The van der Waals surface area contributed by atoms with E-state index in [2.05, 4.69) is 80.4 Å². The molecule has 2 aliphatic rings. The van der Waals surface area contributed by atoms with Crippen molar-refractivity contribution in [1.29, 1.82) is 0 Å². The Hall–Kier alpha value is -4.11. The number of ether oxygens (including phenoxy) is 3. The third-order valence-corrected chi connectivity index (χ3v) is 8.09. The van der Waals surface area contributed by atoms with Gasteiger partial charge >= 0.3 is 0 Å². The Labute approximate surface area is 267 Å². The molecule has 4 aromatic rings. The van der Waals surface area contributed by atoms with Crippen LogP contribution in [0.1, 0.15) is 58.4 Å². The lowest BCUT2D eigenvalue weighted by atomic mass is 10.1. The van der Waals surface area contributed by atoms with Gasteiger partial charge in [0.15, 0.2) is 6.29 Å². The van der Waals surface area contributed by atoms with E-state index >= 15 is 0 Å². The van der Waals surface area contributed by atoms with E-state index in [1.54, 1.807) is 12.3 Å². The largest absolute Gasteiger partial charge is 0.378 e. The van der Waals surface area contributed by atoms with E-state index in [9.17, 15) is 4.79 Å². The third-order valence-electron chi connectivity index (χ3n) is 8.09. The first-order valence-corrected chi connectivity index (χ1v) is 15.9. The number of nitrogens with zero attached hydrogens (tertiary/aromatic N) is 4. The third kappa shape index (κ3) is 9.69. The standard InChI is InChI=1S/C20H26N2O2.C17H18N2O2/c1-3-24-16(2)20-9-6-18(15-21-20)14-17-4-7-19(8-5-17)22-10-12-23-13-11-22;20-13-16-4-1-15(12-18-16)11-14-2-5-17(6-3-14)19-7-9-21-10-8-19/h4-9,15-16H,3,10-14H2,1-2H3;1-6,12-13H,7-11H2. The second kappa shape index (κ2) is 16.8. The van der Waals surface area contributed by atoms with E-state index in [4.69, 9.17) is 14.2 Å². The van der Waals surface area contributed by atoms with Crippen LogP contribution in [-0.4, -0.2) is 75.5 Å². The highest BCUT2D eigenvalue weighted by molar-refractivity contribution is 5.71. The number of pyridine rings is 2. The van der Waals surface area contributed by atoms with Gasteiger partial charge in [-0.1, -0.05) is 36.4 Å². The van der Waals surface area contributed by atoms with Crippen molar-refractivity contribution in [3.05, 3.63) is 119 Å². The lowest BCUT2D eigenvalue weighted by Crippen LogP contribution is -2.36. The molecule has 2 saturated heterocycles.